The molecule has 2 aromatic carbocycles. The number of rotatable bonds is 9. The lowest BCUT2D eigenvalue weighted by Gasteiger charge is -2.10. The van der Waals surface area contributed by atoms with Gasteiger partial charge in [0.15, 0.2) is 14.9 Å². The summed E-state index contributed by atoms with van der Waals surface area (Å²) in [6, 6.07) is 15.7. The molecule has 0 unspecified atom stereocenters. The van der Waals surface area contributed by atoms with E-state index in [2.05, 4.69) is 21.8 Å². The number of benzene rings is 2. The second-order valence-corrected chi connectivity index (χ2v) is 10.5. The molecule has 31 heavy (non-hydrogen) atoms. The van der Waals surface area contributed by atoms with Crippen molar-refractivity contribution in [1.29, 1.82) is 0 Å². The smallest absolute Gasteiger partial charge is 0.261 e. The molecular weight excluding hydrogens is 438 g/mol. The standard InChI is InChI=1S/C21H23N3O5S2/c1-3-4-15-29-18-9-11-19(12-10-18)31(27,28)24-17-7-5-16(6-8-17)20-13-14-21(23-22-20)30(2,25)26/h5-14,24H,3-4,15H2,1-2H3. The van der Waals surface area contributed by atoms with Crippen LogP contribution in [0, 0.1) is 0 Å². The molecule has 0 aliphatic rings. The van der Waals surface area contributed by atoms with Crippen LogP contribution in [0.2, 0.25) is 0 Å². The molecule has 3 aromatic rings. The molecule has 8 nitrogen and oxygen atoms in total. The third-order valence-corrected chi connectivity index (χ3v) is 6.73. The summed E-state index contributed by atoms with van der Waals surface area (Å²) in [5, 5.41) is 7.53. The van der Waals surface area contributed by atoms with E-state index in [0.717, 1.165) is 19.1 Å². The SMILES string of the molecule is CCCCOc1ccc(S(=O)(=O)Nc2ccc(-c3ccc(S(C)(=O)=O)nn3)cc2)cc1. The van der Waals surface area contributed by atoms with Gasteiger partial charge < -0.3 is 4.74 Å². The van der Waals surface area contributed by atoms with Crippen LogP contribution in [0.3, 0.4) is 0 Å². The molecule has 0 saturated carbocycles. The number of ether oxygens (including phenoxy) is 1. The van der Waals surface area contributed by atoms with Crippen LogP contribution in [0.25, 0.3) is 11.3 Å². The maximum absolute atomic E-state index is 12.6. The number of hydrogen-bond donors (Lipinski definition) is 1. The van der Waals surface area contributed by atoms with Gasteiger partial charge in [0.05, 0.1) is 17.2 Å². The summed E-state index contributed by atoms with van der Waals surface area (Å²) in [4.78, 5) is 0.127. The number of unbranched alkanes of at least 4 members (excludes halogenated alkanes) is 1. The molecule has 0 saturated heterocycles. The number of nitrogens with zero attached hydrogens (tertiary/aromatic N) is 2. The van der Waals surface area contributed by atoms with Crippen LogP contribution in [0.15, 0.2) is 70.6 Å². The zero-order chi connectivity index (χ0) is 22.5. The number of sulfonamides is 1. The maximum atomic E-state index is 12.6. The van der Waals surface area contributed by atoms with Crippen molar-refractivity contribution in [2.45, 2.75) is 29.7 Å². The normalized spacial score (nSPS) is 11.8. The first-order valence-corrected chi connectivity index (χ1v) is 13.0. The third-order valence-electron chi connectivity index (χ3n) is 4.35. The highest BCUT2D eigenvalue weighted by molar-refractivity contribution is 7.92. The van der Waals surface area contributed by atoms with Crippen molar-refractivity contribution in [1.82, 2.24) is 10.2 Å². The van der Waals surface area contributed by atoms with Crippen LogP contribution in [-0.4, -0.2) is 39.9 Å². The fourth-order valence-corrected chi connectivity index (χ4v) is 4.21. The van der Waals surface area contributed by atoms with E-state index in [1.165, 1.54) is 18.2 Å². The second-order valence-electron chi connectivity index (χ2n) is 6.89. The molecule has 0 aliphatic carbocycles. The Labute approximate surface area is 182 Å². The topological polar surface area (TPSA) is 115 Å². The van der Waals surface area contributed by atoms with Gasteiger partial charge in [-0.25, -0.2) is 16.8 Å². The number of anilines is 1. The summed E-state index contributed by atoms with van der Waals surface area (Å²) in [7, 11) is -7.18. The minimum Gasteiger partial charge on any atom is -0.494 e. The van der Waals surface area contributed by atoms with Gasteiger partial charge in [0.25, 0.3) is 10.0 Å². The lowest BCUT2D eigenvalue weighted by Crippen LogP contribution is -2.12. The average molecular weight is 462 g/mol. The fraction of sp³-hybridized carbons (Fsp3) is 0.238. The van der Waals surface area contributed by atoms with E-state index < -0.39 is 19.9 Å². The molecule has 1 N–H and O–H groups in total. The molecule has 164 valence electrons. The van der Waals surface area contributed by atoms with Crippen molar-refractivity contribution >= 4 is 25.5 Å². The molecule has 0 bridgehead atoms. The van der Waals surface area contributed by atoms with Crippen LogP contribution in [0.5, 0.6) is 5.75 Å². The minimum atomic E-state index is -3.75. The molecule has 0 atom stereocenters. The zero-order valence-electron chi connectivity index (χ0n) is 17.1. The van der Waals surface area contributed by atoms with E-state index >= 15 is 0 Å². The van der Waals surface area contributed by atoms with E-state index in [-0.39, 0.29) is 9.92 Å². The molecule has 0 fully saturated rings. The van der Waals surface area contributed by atoms with Gasteiger partial charge in [-0.3, -0.25) is 4.72 Å². The molecule has 3 rings (SSSR count). The summed E-state index contributed by atoms with van der Waals surface area (Å²) in [5.41, 5.74) is 1.53. The Balaban J connectivity index is 1.70. The van der Waals surface area contributed by atoms with Crippen molar-refractivity contribution in [3.8, 4) is 17.0 Å². The van der Waals surface area contributed by atoms with Gasteiger partial charge in [-0.15, -0.1) is 10.2 Å². The molecule has 0 amide bonds. The Morgan fingerprint density at radius 2 is 1.55 bits per heavy atom. The van der Waals surface area contributed by atoms with E-state index in [9.17, 15) is 16.8 Å². The van der Waals surface area contributed by atoms with Gasteiger partial charge in [-0.2, -0.15) is 0 Å². The van der Waals surface area contributed by atoms with Crippen LogP contribution in [0.4, 0.5) is 5.69 Å². The van der Waals surface area contributed by atoms with Gasteiger partial charge in [-0.1, -0.05) is 25.5 Å². The van der Waals surface area contributed by atoms with E-state index in [1.807, 2.05) is 0 Å². The first-order chi connectivity index (χ1) is 14.7. The quantitative estimate of drug-likeness (QED) is 0.485. The largest absolute Gasteiger partial charge is 0.494 e. The first kappa shape index (κ1) is 22.7. The zero-order valence-corrected chi connectivity index (χ0v) is 18.8. The minimum absolute atomic E-state index is 0.109. The van der Waals surface area contributed by atoms with E-state index in [0.29, 0.717) is 29.3 Å². The Bertz CT molecular complexity index is 1220. The van der Waals surface area contributed by atoms with Crippen LogP contribution < -0.4 is 9.46 Å². The molecular formula is C21H23N3O5S2. The molecule has 10 heteroatoms. The number of sulfone groups is 1. The highest BCUT2D eigenvalue weighted by atomic mass is 32.2. The Morgan fingerprint density at radius 1 is 0.871 bits per heavy atom. The number of nitrogens with one attached hydrogen (secondary N) is 1. The Morgan fingerprint density at radius 3 is 2.10 bits per heavy atom. The Hall–Kier alpha value is -2.98. The lowest BCUT2D eigenvalue weighted by atomic mass is 10.1. The number of hydrogen-bond acceptors (Lipinski definition) is 7. The predicted octanol–water partition coefficient (Wildman–Crippen LogP) is 3.53. The van der Waals surface area contributed by atoms with E-state index in [4.69, 9.17) is 4.74 Å². The summed E-state index contributed by atoms with van der Waals surface area (Å²) in [6.07, 6.45) is 3.02. The lowest BCUT2D eigenvalue weighted by molar-refractivity contribution is 0.309. The molecule has 1 heterocycles. The monoisotopic (exact) mass is 461 g/mol. The highest BCUT2D eigenvalue weighted by Crippen LogP contribution is 2.23. The first-order valence-electron chi connectivity index (χ1n) is 9.59. The van der Waals surface area contributed by atoms with Gasteiger partial charge in [0.2, 0.25) is 0 Å². The third kappa shape index (κ3) is 6.02. The van der Waals surface area contributed by atoms with Gasteiger partial charge in [-0.05, 0) is 55.0 Å². The fourth-order valence-electron chi connectivity index (χ4n) is 2.64. The summed E-state index contributed by atoms with van der Waals surface area (Å²) >= 11 is 0. The van der Waals surface area contributed by atoms with Crippen LogP contribution in [0.1, 0.15) is 19.8 Å². The van der Waals surface area contributed by atoms with Crippen molar-refractivity contribution in [2.75, 3.05) is 17.6 Å². The van der Waals surface area contributed by atoms with Crippen molar-refractivity contribution < 1.29 is 21.6 Å². The van der Waals surface area contributed by atoms with Gasteiger partial charge in [0, 0.05) is 17.5 Å². The van der Waals surface area contributed by atoms with Crippen molar-refractivity contribution in [3.05, 3.63) is 60.7 Å². The van der Waals surface area contributed by atoms with Crippen LogP contribution in [-0.2, 0) is 19.9 Å². The van der Waals surface area contributed by atoms with Gasteiger partial charge >= 0.3 is 0 Å². The van der Waals surface area contributed by atoms with Crippen molar-refractivity contribution in [3.63, 3.8) is 0 Å². The number of aromatic nitrogens is 2. The highest BCUT2D eigenvalue weighted by Gasteiger charge is 2.15. The van der Waals surface area contributed by atoms with Crippen molar-refractivity contribution in [2.24, 2.45) is 0 Å². The molecule has 1 aromatic heterocycles. The maximum Gasteiger partial charge on any atom is 0.261 e. The second kappa shape index (κ2) is 9.44. The molecule has 0 aliphatic heterocycles. The van der Waals surface area contributed by atoms with Crippen LogP contribution >= 0.6 is 0 Å². The molecule has 0 radical (unpaired) electrons. The van der Waals surface area contributed by atoms with E-state index in [1.54, 1.807) is 42.5 Å². The summed E-state index contributed by atoms with van der Waals surface area (Å²) in [5.74, 6) is 0.625. The predicted molar refractivity (Wildman–Crippen MR) is 118 cm³/mol. The average Bonchev–Trinajstić information content (AvgIpc) is 2.74. The summed E-state index contributed by atoms with van der Waals surface area (Å²) < 4.78 is 56.3. The Kier molecular flexibility index (Phi) is 6.91. The summed E-state index contributed by atoms with van der Waals surface area (Å²) in [6.45, 7) is 2.66. The van der Waals surface area contributed by atoms with Gasteiger partial charge in [0.1, 0.15) is 5.75 Å². The molecule has 0 spiro atoms.